The van der Waals surface area contributed by atoms with Crippen LogP contribution >= 0.6 is 11.3 Å². The van der Waals surface area contributed by atoms with E-state index in [1.54, 1.807) is 0 Å². The zero-order valence-corrected chi connectivity index (χ0v) is 31.1. The van der Waals surface area contributed by atoms with Crippen LogP contribution in [0.15, 0.2) is 188 Å². The minimum atomic E-state index is -0.496. The Labute approximate surface area is 320 Å². The van der Waals surface area contributed by atoms with Crippen molar-refractivity contribution in [3.8, 4) is 22.3 Å². The van der Waals surface area contributed by atoms with Gasteiger partial charge in [-0.3, -0.25) is 0 Å². The number of fused-ring (bicyclic) bond motifs is 9. The first-order chi connectivity index (χ1) is 26.6. The molecular formula is C52H37NS. The van der Waals surface area contributed by atoms with E-state index in [0.717, 1.165) is 5.69 Å². The molecular weight excluding hydrogens is 671 g/mol. The van der Waals surface area contributed by atoms with Crippen molar-refractivity contribution in [2.24, 2.45) is 0 Å². The third kappa shape index (κ3) is 4.20. The summed E-state index contributed by atoms with van der Waals surface area (Å²) in [6.45, 7) is 4.75. The molecule has 0 N–H and O–H groups in total. The van der Waals surface area contributed by atoms with Crippen molar-refractivity contribution in [1.29, 1.82) is 0 Å². The second-order valence-electron chi connectivity index (χ2n) is 15.2. The van der Waals surface area contributed by atoms with Crippen molar-refractivity contribution in [1.82, 2.24) is 0 Å². The second-order valence-corrected chi connectivity index (χ2v) is 16.3. The molecule has 1 aromatic heterocycles. The molecule has 0 unspecified atom stereocenters. The summed E-state index contributed by atoms with van der Waals surface area (Å²) in [5, 5.41) is 2.59. The first-order valence-corrected chi connectivity index (χ1v) is 19.7. The van der Waals surface area contributed by atoms with Gasteiger partial charge in [-0.2, -0.15) is 0 Å². The lowest BCUT2D eigenvalue weighted by Gasteiger charge is -2.35. The fourth-order valence-corrected chi connectivity index (χ4v) is 11.0. The topological polar surface area (TPSA) is 3.24 Å². The standard InChI is InChI=1S/C52H37NS/c1-51(2)41-24-12-10-22-39(41)49-43(51)26-15-27-45(49)53(46-28-16-30-48-50(46)40-23-11-14-29-47(40)54-48)36-31-32-38-37-21-9-13-25-42(37)52(44(38)33-36,34-17-5-3-6-18-34)35-19-7-4-8-20-35/h3-33H,1-2H3. The van der Waals surface area contributed by atoms with Crippen molar-refractivity contribution in [3.63, 3.8) is 0 Å². The van der Waals surface area contributed by atoms with E-state index in [4.69, 9.17) is 0 Å². The number of hydrogen-bond donors (Lipinski definition) is 0. The number of benzene rings is 8. The molecule has 0 spiro atoms. The highest BCUT2D eigenvalue weighted by Gasteiger charge is 2.46. The summed E-state index contributed by atoms with van der Waals surface area (Å²) in [5.41, 5.74) is 16.1. The molecule has 0 amide bonds. The van der Waals surface area contributed by atoms with Crippen LogP contribution in [0.5, 0.6) is 0 Å². The predicted molar refractivity (Wildman–Crippen MR) is 229 cm³/mol. The summed E-state index contributed by atoms with van der Waals surface area (Å²) in [6.07, 6.45) is 0. The SMILES string of the molecule is CC1(C)c2ccccc2-c2c(N(c3ccc4c(c3)C(c3ccccc3)(c3ccccc3)c3ccccc3-4)c3cccc4sc5ccccc5c34)cccc21. The Morgan fingerprint density at radius 3 is 1.78 bits per heavy atom. The van der Waals surface area contributed by atoms with Crippen LogP contribution in [-0.4, -0.2) is 0 Å². The van der Waals surface area contributed by atoms with Crippen LogP contribution in [0.25, 0.3) is 42.4 Å². The Morgan fingerprint density at radius 2 is 1.00 bits per heavy atom. The fourth-order valence-electron chi connectivity index (χ4n) is 9.84. The summed E-state index contributed by atoms with van der Waals surface area (Å²) in [4.78, 5) is 2.57. The maximum atomic E-state index is 2.57. The molecule has 8 aromatic carbocycles. The highest BCUT2D eigenvalue weighted by molar-refractivity contribution is 7.26. The molecule has 0 radical (unpaired) electrons. The van der Waals surface area contributed by atoms with Crippen LogP contribution in [0, 0.1) is 0 Å². The number of thiophene rings is 1. The van der Waals surface area contributed by atoms with Crippen LogP contribution in [0.1, 0.15) is 47.2 Å². The summed E-state index contributed by atoms with van der Waals surface area (Å²) in [6, 6.07) is 70.2. The van der Waals surface area contributed by atoms with E-state index in [0.29, 0.717) is 0 Å². The summed E-state index contributed by atoms with van der Waals surface area (Å²) in [7, 11) is 0. The Bertz CT molecular complexity index is 2880. The van der Waals surface area contributed by atoms with E-state index in [1.807, 2.05) is 11.3 Å². The molecule has 0 atom stereocenters. The summed E-state index contributed by atoms with van der Waals surface area (Å²) >= 11 is 1.88. The zero-order valence-electron chi connectivity index (χ0n) is 30.3. The molecule has 1 heterocycles. The van der Waals surface area contributed by atoms with Gasteiger partial charge in [0.25, 0.3) is 0 Å². The Hall–Kier alpha value is -6.22. The minimum absolute atomic E-state index is 0.121. The molecule has 0 saturated carbocycles. The second kappa shape index (κ2) is 11.6. The van der Waals surface area contributed by atoms with Gasteiger partial charge in [0, 0.05) is 36.8 Å². The Morgan fingerprint density at radius 1 is 0.426 bits per heavy atom. The molecule has 11 rings (SSSR count). The first-order valence-electron chi connectivity index (χ1n) is 18.9. The smallest absolute Gasteiger partial charge is 0.0714 e. The van der Waals surface area contributed by atoms with Gasteiger partial charge in [-0.15, -0.1) is 11.3 Å². The van der Waals surface area contributed by atoms with Crippen LogP contribution in [0.4, 0.5) is 17.1 Å². The fraction of sp³-hybridized carbons (Fsp3) is 0.0769. The Balaban J connectivity index is 1.26. The zero-order chi connectivity index (χ0) is 36.0. The third-order valence-corrected chi connectivity index (χ3v) is 13.3. The van der Waals surface area contributed by atoms with Crippen molar-refractivity contribution in [2.45, 2.75) is 24.7 Å². The van der Waals surface area contributed by atoms with E-state index in [1.165, 1.54) is 87.2 Å². The lowest BCUT2D eigenvalue weighted by molar-refractivity contribution is 0.660. The minimum Gasteiger partial charge on any atom is -0.309 e. The number of rotatable bonds is 5. The van der Waals surface area contributed by atoms with Gasteiger partial charge in [0.1, 0.15) is 0 Å². The summed E-state index contributed by atoms with van der Waals surface area (Å²) < 4.78 is 2.60. The number of anilines is 3. The van der Waals surface area contributed by atoms with Gasteiger partial charge >= 0.3 is 0 Å². The van der Waals surface area contributed by atoms with E-state index >= 15 is 0 Å². The molecule has 0 fully saturated rings. The van der Waals surface area contributed by atoms with Crippen LogP contribution in [0.2, 0.25) is 0 Å². The highest BCUT2D eigenvalue weighted by Crippen LogP contribution is 2.59. The average Bonchev–Trinajstić information content (AvgIpc) is 3.83. The van der Waals surface area contributed by atoms with Gasteiger partial charge in [0.2, 0.25) is 0 Å². The number of nitrogens with zero attached hydrogens (tertiary/aromatic N) is 1. The quantitative estimate of drug-likeness (QED) is 0.172. The van der Waals surface area contributed by atoms with Gasteiger partial charge in [0.05, 0.1) is 16.8 Å². The lowest BCUT2D eigenvalue weighted by Crippen LogP contribution is -2.28. The predicted octanol–water partition coefficient (Wildman–Crippen LogP) is 14.2. The van der Waals surface area contributed by atoms with Crippen molar-refractivity contribution in [3.05, 3.63) is 221 Å². The maximum absolute atomic E-state index is 2.57. The lowest BCUT2D eigenvalue weighted by atomic mass is 9.67. The molecule has 2 aliphatic rings. The normalized spacial score (nSPS) is 14.4. The van der Waals surface area contributed by atoms with Gasteiger partial charge in [-0.05, 0) is 86.5 Å². The van der Waals surface area contributed by atoms with Gasteiger partial charge in [0.15, 0.2) is 0 Å². The maximum Gasteiger partial charge on any atom is 0.0714 e. The molecule has 0 saturated heterocycles. The number of hydrogen-bond acceptors (Lipinski definition) is 2. The van der Waals surface area contributed by atoms with Crippen molar-refractivity contribution in [2.75, 3.05) is 4.90 Å². The molecule has 0 aliphatic heterocycles. The average molecular weight is 708 g/mol. The highest BCUT2D eigenvalue weighted by atomic mass is 32.1. The molecule has 256 valence electrons. The van der Waals surface area contributed by atoms with Gasteiger partial charge in [-0.25, -0.2) is 0 Å². The van der Waals surface area contributed by atoms with Gasteiger partial charge < -0.3 is 4.90 Å². The van der Waals surface area contributed by atoms with E-state index < -0.39 is 5.41 Å². The summed E-state index contributed by atoms with van der Waals surface area (Å²) in [5.74, 6) is 0. The van der Waals surface area contributed by atoms with Crippen LogP contribution < -0.4 is 4.90 Å². The molecule has 1 nitrogen and oxygen atoms in total. The van der Waals surface area contributed by atoms with Crippen molar-refractivity contribution < 1.29 is 0 Å². The molecule has 54 heavy (non-hydrogen) atoms. The molecule has 2 heteroatoms. The Kier molecular flexibility index (Phi) is 6.75. The molecule has 2 aliphatic carbocycles. The van der Waals surface area contributed by atoms with Crippen LogP contribution in [0.3, 0.4) is 0 Å². The van der Waals surface area contributed by atoms with E-state index in [9.17, 15) is 0 Å². The van der Waals surface area contributed by atoms with Crippen molar-refractivity contribution >= 4 is 48.6 Å². The first kappa shape index (κ1) is 31.3. The van der Waals surface area contributed by atoms with E-state index in [2.05, 4.69) is 207 Å². The third-order valence-electron chi connectivity index (χ3n) is 12.1. The molecule has 0 bridgehead atoms. The monoisotopic (exact) mass is 707 g/mol. The van der Waals surface area contributed by atoms with Gasteiger partial charge in [-0.1, -0.05) is 166 Å². The van der Waals surface area contributed by atoms with E-state index in [-0.39, 0.29) is 5.41 Å². The largest absolute Gasteiger partial charge is 0.309 e. The van der Waals surface area contributed by atoms with Crippen LogP contribution in [-0.2, 0) is 10.8 Å². The molecule has 9 aromatic rings.